The number of aryl methyl sites for hydroxylation is 1. The number of hydrogen-bond acceptors (Lipinski definition) is 6. The minimum absolute atomic E-state index is 0.535. The minimum atomic E-state index is 0.535. The van der Waals surface area contributed by atoms with Gasteiger partial charge in [0.1, 0.15) is 5.82 Å². The standard InChI is InChI=1S/C15H15N5OS/c1-10-16-13(21-19-10)9-22-15-18-17-14(11-7-8-11)20(15)12-5-3-2-4-6-12/h2-6,11H,7-9H2,1H3. The Kier molecular flexibility index (Phi) is 3.42. The normalized spacial score (nSPS) is 14.4. The molecule has 0 aliphatic heterocycles. The van der Waals surface area contributed by atoms with Crippen molar-refractivity contribution in [2.24, 2.45) is 0 Å². The molecule has 1 aliphatic rings. The van der Waals surface area contributed by atoms with Gasteiger partial charge in [0.25, 0.3) is 0 Å². The Morgan fingerprint density at radius 1 is 1.23 bits per heavy atom. The SMILES string of the molecule is Cc1noc(CSc2nnc(C3CC3)n2-c2ccccc2)n1. The first-order valence-corrected chi connectivity index (χ1v) is 8.22. The van der Waals surface area contributed by atoms with Crippen LogP contribution in [0, 0.1) is 6.92 Å². The van der Waals surface area contributed by atoms with Crippen LogP contribution in [0.15, 0.2) is 40.0 Å². The van der Waals surface area contributed by atoms with Crippen molar-refractivity contribution in [3.05, 3.63) is 47.9 Å². The van der Waals surface area contributed by atoms with Gasteiger partial charge in [-0.3, -0.25) is 4.57 Å². The highest BCUT2D eigenvalue weighted by molar-refractivity contribution is 7.98. The van der Waals surface area contributed by atoms with E-state index >= 15 is 0 Å². The molecule has 112 valence electrons. The third-order valence-corrected chi connectivity index (χ3v) is 4.42. The summed E-state index contributed by atoms with van der Waals surface area (Å²) in [6.45, 7) is 1.81. The summed E-state index contributed by atoms with van der Waals surface area (Å²) in [6, 6.07) is 10.2. The van der Waals surface area contributed by atoms with Crippen molar-refractivity contribution in [3.63, 3.8) is 0 Å². The fourth-order valence-corrected chi connectivity index (χ4v) is 3.12. The van der Waals surface area contributed by atoms with Crippen LogP contribution in [-0.2, 0) is 5.75 Å². The average molecular weight is 313 g/mol. The van der Waals surface area contributed by atoms with Crippen LogP contribution in [0.2, 0.25) is 0 Å². The number of para-hydroxylation sites is 1. The summed E-state index contributed by atoms with van der Waals surface area (Å²) in [4.78, 5) is 4.23. The first-order chi connectivity index (χ1) is 10.8. The Morgan fingerprint density at radius 3 is 2.73 bits per heavy atom. The summed E-state index contributed by atoms with van der Waals surface area (Å²) >= 11 is 1.57. The van der Waals surface area contributed by atoms with E-state index in [9.17, 15) is 0 Å². The van der Waals surface area contributed by atoms with E-state index in [4.69, 9.17) is 4.52 Å². The lowest BCUT2D eigenvalue weighted by molar-refractivity contribution is 0.387. The lowest BCUT2D eigenvalue weighted by Gasteiger charge is -2.08. The van der Waals surface area contributed by atoms with Crippen LogP contribution in [0.3, 0.4) is 0 Å². The fourth-order valence-electron chi connectivity index (χ4n) is 2.33. The monoisotopic (exact) mass is 313 g/mol. The molecule has 0 atom stereocenters. The highest BCUT2D eigenvalue weighted by atomic mass is 32.2. The van der Waals surface area contributed by atoms with Gasteiger partial charge in [-0.05, 0) is 31.9 Å². The van der Waals surface area contributed by atoms with Gasteiger partial charge in [-0.1, -0.05) is 35.1 Å². The molecular formula is C15H15N5OS. The van der Waals surface area contributed by atoms with Gasteiger partial charge in [-0.2, -0.15) is 4.98 Å². The number of rotatable bonds is 5. The summed E-state index contributed by atoms with van der Waals surface area (Å²) in [5.41, 5.74) is 1.10. The molecule has 1 aromatic carbocycles. The number of hydrogen-bond donors (Lipinski definition) is 0. The molecule has 2 aromatic heterocycles. The van der Waals surface area contributed by atoms with Crippen LogP contribution in [-0.4, -0.2) is 24.9 Å². The Hall–Kier alpha value is -2.15. The average Bonchev–Trinajstić information content (AvgIpc) is 3.17. The number of aromatic nitrogens is 5. The van der Waals surface area contributed by atoms with E-state index in [1.165, 1.54) is 12.8 Å². The van der Waals surface area contributed by atoms with Crippen LogP contribution >= 0.6 is 11.8 Å². The van der Waals surface area contributed by atoms with E-state index in [1.54, 1.807) is 11.8 Å². The second kappa shape index (κ2) is 5.57. The van der Waals surface area contributed by atoms with Crippen molar-refractivity contribution in [3.8, 4) is 5.69 Å². The van der Waals surface area contributed by atoms with Crippen molar-refractivity contribution < 1.29 is 4.52 Å². The van der Waals surface area contributed by atoms with E-state index < -0.39 is 0 Å². The second-order valence-corrected chi connectivity index (χ2v) is 6.25. The molecule has 0 radical (unpaired) electrons. The summed E-state index contributed by atoms with van der Waals surface area (Å²) in [5.74, 6) is 3.44. The van der Waals surface area contributed by atoms with Crippen LogP contribution < -0.4 is 0 Å². The largest absolute Gasteiger partial charge is 0.338 e. The molecule has 0 saturated heterocycles. The zero-order chi connectivity index (χ0) is 14.9. The summed E-state index contributed by atoms with van der Waals surface area (Å²) in [6.07, 6.45) is 2.39. The quantitative estimate of drug-likeness (QED) is 0.674. The van der Waals surface area contributed by atoms with Gasteiger partial charge < -0.3 is 4.52 Å². The van der Waals surface area contributed by atoms with Gasteiger partial charge in [0.15, 0.2) is 11.0 Å². The van der Waals surface area contributed by atoms with Gasteiger partial charge in [-0.25, -0.2) is 0 Å². The van der Waals surface area contributed by atoms with E-state index in [2.05, 4.69) is 37.0 Å². The van der Waals surface area contributed by atoms with Crippen LogP contribution in [0.25, 0.3) is 5.69 Å². The van der Waals surface area contributed by atoms with E-state index in [-0.39, 0.29) is 0 Å². The zero-order valence-electron chi connectivity index (χ0n) is 12.1. The van der Waals surface area contributed by atoms with Gasteiger partial charge in [0, 0.05) is 11.6 Å². The maximum Gasteiger partial charge on any atom is 0.237 e. The molecule has 0 bridgehead atoms. The third-order valence-electron chi connectivity index (χ3n) is 3.51. The smallest absolute Gasteiger partial charge is 0.237 e. The van der Waals surface area contributed by atoms with Gasteiger partial charge in [0.2, 0.25) is 5.89 Å². The van der Waals surface area contributed by atoms with Gasteiger partial charge in [-0.15, -0.1) is 10.2 Å². The molecule has 1 fully saturated rings. The van der Waals surface area contributed by atoms with Crippen LogP contribution in [0.4, 0.5) is 0 Å². The lowest BCUT2D eigenvalue weighted by atomic mass is 10.3. The predicted molar refractivity (Wildman–Crippen MR) is 81.9 cm³/mol. The number of nitrogens with zero attached hydrogens (tertiary/aromatic N) is 5. The Bertz CT molecular complexity index is 778. The van der Waals surface area contributed by atoms with Crippen molar-refractivity contribution in [1.29, 1.82) is 0 Å². The Labute approximate surface area is 131 Å². The van der Waals surface area contributed by atoms with E-state index in [0.29, 0.717) is 23.4 Å². The molecule has 22 heavy (non-hydrogen) atoms. The summed E-state index contributed by atoms with van der Waals surface area (Å²) < 4.78 is 7.30. The van der Waals surface area contributed by atoms with Crippen LogP contribution in [0.5, 0.6) is 0 Å². The molecule has 1 aliphatic carbocycles. The third kappa shape index (κ3) is 2.64. The molecule has 3 aromatic rings. The van der Waals surface area contributed by atoms with E-state index in [0.717, 1.165) is 16.7 Å². The highest BCUT2D eigenvalue weighted by Crippen LogP contribution is 2.41. The van der Waals surface area contributed by atoms with Crippen molar-refractivity contribution >= 4 is 11.8 Å². The second-order valence-electron chi connectivity index (χ2n) is 5.31. The van der Waals surface area contributed by atoms with Crippen molar-refractivity contribution in [2.45, 2.75) is 36.6 Å². The predicted octanol–water partition coefficient (Wildman–Crippen LogP) is 3.13. The lowest BCUT2D eigenvalue weighted by Crippen LogP contribution is -2.01. The first-order valence-electron chi connectivity index (χ1n) is 7.24. The zero-order valence-corrected chi connectivity index (χ0v) is 13.0. The van der Waals surface area contributed by atoms with Gasteiger partial charge >= 0.3 is 0 Å². The summed E-state index contributed by atoms with van der Waals surface area (Å²) in [5, 5.41) is 13.4. The molecule has 7 heteroatoms. The summed E-state index contributed by atoms with van der Waals surface area (Å²) in [7, 11) is 0. The van der Waals surface area contributed by atoms with Crippen molar-refractivity contribution in [1.82, 2.24) is 24.9 Å². The highest BCUT2D eigenvalue weighted by Gasteiger charge is 2.31. The maximum absolute atomic E-state index is 5.16. The molecule has 6 nitrogen and oxygen atoms in total. The number of benzene rings is 1. The van der Waals surface area contributed by atoms with Crippen LogP contribution in [0.1, 0.15) is 36.3 Å². The topological polar surface area (TPSA) is 69.6 Å². The molecule has 0 spiro atoms. The first kappa shape index (κ1) is 13.5. The molecule has 2 heterocycles. The molecule has 0 unspecified atom stereocenters. The minimum Gasteiger partial charge on any atom is -0.338 e. The number of thioether (sulfide) groups is 1. The van der Waals surface area contributed by atoms with Gasteiger partial charge in [0.05, 0.1) is 5.75 Å². The molecule has 1 saturated carbocycles. The molecular weight excluding hydrogens is 298 g/mol. The maximum atomic E-state index is 5.16. The molecule has 0 N–H and O–H groups in total. The Morgan fingerprint density at radius 2 is 2.05 bits per heavy atom. The Balaban J connectivity index is 1.64. The van der Waals surface area contributed by atoms with E-state index in [1.807, 2.05) is 25.1 Å². The molecule has 0 amide bonds. The fraction of sp³-hybridized carbons (Fsp3) is 0.333. The molecule has 4 rings (SSSR count). The van der Waals surface area contributed by atoms with Crippen molar-refractivity contribution in [2.75, 3.05) is 0 Å².